The maximum absolute atomic E-state index is 11.9. The molecule has 1 saturated heterocycles. The van der Waals surface area contributed by atoms with Crippen LogP contribution in [0.2, 0.25) is 5.02 Å². The summed E-state index contributed by atoms with van der Waals surface area (Å²) in [5, 5.41) is 3.34. The number of aromatic nitrogens is 2. The summed E-state index contributed by atoms with van der Waals surface area (Å²) in [5.41, 5.74) is 1.16. The van der Waals surface area contributed by atoms with Crippen LogP contribution in [0.5, 0.6) is 0 Å². The number of benzene rings is 1. The maximum atomic E-state index is 11.9. The van der Waals surface area contributed by atoms with Gasteiger partial charge < -0.3 is 19.4 Å². The monoisotopic (exact) mass is 361 g/mol. The Morgan fingerprint density at radius 3 is 2.48 bits per heavy atom. The van der Waals surface area contributed by atoms with Gasteiger partial charge in [-0.05, 0) is 25.1 Å². The van der Waals surface area contributed by atoms with Gasteiger partial charge in [0.1, 0.15) is 5.82 Å². The molecule has 0 saturated carbocycles. The molecule has 0 amide bonds. The largest absolute Gasteiger partial charge is 0.419 e. The average molecular weight is 362 g/mol. The lowest BCUT2D eigenvalue weighted by Crippen LogP contribution is -2.42. The minimum atomic E-state index is -1.26. The first-order valence-electron chi connectivity index (χ1n) is 7.50. The first kappa shape index (κ1) is 17.0. The highest BCUT2D eigenvalue weighted by Gasteiger charge is 2.38. The third-order valence-corrected chi connectivity index (χ3v) is 3.84. The van der Waals surface area contributed by atoms with Crippen molar-refractivity contribution in [2.45, 2.75) is 26.6 Å². The highest BCUT2D eigenvalue weighted by molar-refractivity contribution is 6.32. The molecule has 0 atom stereocenters. The van der Waals surface area contributed by atoms with Crippen LogP contribution in [-0.4, -0.2) is 27.3 Å². The summed E-state index contributed by atoms with van der Waals surface area (Å²) in [7, 11) is 0. The second-order valence-electron chi connectivity index (χ2n) is 5.89. The van der Waals surface area contributed by atoms with Crippen molar-refractivity contribution in [2.75, 3.05) is 5.32 Å². The van der Waals surface area contributed by atoms with Crippen molar-refractivity contribution < 1.29 is 19.1 Å². The van der Waals surface area contributed by atoms with Gasteiger partial charge in [-0.1, -0.05) is 11.6 Å². The van der Waals surface area contributed by atoms with Crippen molar-refractivity contribution in [3.63, 3.8) is 0 Å². The number of hydrogen-bond donors (Lipinski definition) is 1. The molecule has 1 aromatic carbocycles. The number of esters is 2. The van der Waals surface area contributed by atoms with Crippen LogP contribution < -0.4 is 5.32 Å². The average Bonchev–Trinajstić information content (AvgIpc) is 2.91. The highest BCUT2D eigenvalue weighted by Crippen LogP contribution is 2.26. The number of aryl methyl sites for hydroxylation is 1. The summed E-state index contributed by atoms with van der Waals surface area (Å²) in [5.74, 6) is -1.95. The summed E-state index contributed by atoms with van der Waals surface area (Å²) in [4.78, 5) is 27.9. The zero-order chi connectivity index (χ0) is 18.2. The molecule has 3 rings (SSSR count). The first-order chi connectivity index (χ1) is 11.8. The molecule has 2 aromatic rings. The Labute approximate surface area is 149 Å². The van der Waals surface area contributed by atoms with Gasteiger partial charge in [0.15, 0.2) is 5.57 Å². The van der Waals surface area contributed by atoms with E-state index < -0.39 is 17.7 Å². The molecule has 7 nitrogen and oxygen atoms in total. The molecule has 0 bridgehead atoms. The number of hydrogen-bond acceptors (Lipinski definition) is 6. The maximum Gasteiger partial charge on any atom is 0.350 e. The van der Waals surface area contributed by atoms with Gasteiger partial charge in [0, 0.05) is 38.1 Å². The van der Waals surface area contributed by atoms with Gasteiger partial charge >= 0.3 is 11.9 Å². The SMILES string of the molecule is Cc1nccn1-c1ccc(NC=C2C(=O)OC(C)(C)OC2=O)cc1Cl. The molecule has 2 heterocycles. The lowest BCUT2D eigenvalue weighted by Gasteiger charge is -2.29. The molecule has 1 aliphatic rings. The van der Waals surface area contributed by atoms with E-state index in [2.05, 4.69) is 10.3 Å². The number of nitrogens with one attached hydrogen (secondary N) is 1. The Bertz CT molecular complexity index is 864. The van der Waals surface area contributed by atoms with Crippen molar-refractivity contribution >= 4 is 29.2 Å². The predicted molar refractivity (Wildman–Crippen MR) is 91.3 cm³/mol. The summed E-state index contributed by atoms with van der Waals surface area (Å²) >= 11 is 6.32. The van der Waals surface area contributed by atoms with Crippen LogP contribution in [0.4, 0.5) is 5.69 Å². The second kappa shape index (κ2) is 6.25. The van der Waals surface area contributed by atoms with Crippen LogP contribution in [0, 0.1) is 6.92 Å². The van der Waals surface area contributed by atoms with E-state index in [0.717, 1.165) is 11.5 Å². The lowest BCUT2D eigenvalue weighted by molar-refractivity contribution is -0.222. The zero-order valence-electron chi connectivity index (χ0n) is 13.9. The predicted octanol–water partition coefficient (Wildman–Crippen LogP) is 2.97. The number of halogens is 1. The van der Waals surface area contributed by atoms with Crippen LogP contribution in [0.25, 0.3) is 5.69 Å². The molecule has 1 aromatic heterocycles. The number of ether oxygens (including phenoxy) is 2. The molecule has 8 heteroatoms. The van der Waals surface area contributed by atoms with E-state index in [-0.39, 0.29) is 5.57 Å². The summed E-state index contributed by atoms with van der Waals surface area (Å²) in [6.07, 6.45) is 4.74. The third-order valence-electron chi connectivity index (χ3n) is 3.53. The van der Waals surface area contributed by atoms with Gasteiger partial charge in [-0.15, -0.1) is 0 Å². The van der Waals surface area contributed by atoms with E-state index in [9.17, 15) is 9.59 Å². The quantitative estimate of drug-likeness (QED) is 0.514. The second-order valence-corrected chi connectivity index (χ2v) is 6.30. The van der Waals surface area contributed by atoms with Gasteiger partial charge in [0.2, 0.25) is 0 Å². The van der Waals surface area contributed by atoms with Gasteiger partial charge in [-0.25, -0.2) is 14.6 Å². The topological polar surface area (TPSA) is 82.5 Å². The van der Waals surface area contributed by atoms with Crippen molar-refractivity contribution in [1.82, 2.24) is 9.55 Å². The van der Waals surface area contributed by atoms with Crippen molar-refractivity contribution in [2.24, 2.45) is 0 Å². The van der Waals surface area contributed by atoms with E-state index in [1.165, 1.54) is 20.0 Å². The first-order valence-corrected chi connectivity index (χ1v) is 7.88. The minimum absolute atomic E-state index is 0.218. The molecule has 0 radical (unpaired) electrons. The number of carbonyl (C=O) groups is 2. The lowest BCUT2D eigenvalue weighted by atomic mass is 10.2. The smallest absolute Gasteiger partial charge is 0.350 e. The Kier molecular flexibility index (Phi) is 4.26. The number of nitrogens with zero attached hydrogens (tertiary/aromatic N) is 2. The Hall–Kier alpha value is -2.80. The molecule has 130 valence electrons. The summed E-state index contributed by atoms with van der Waals surface area (Å²) in [6.45, 7) is 4.85. The van der Waals surface area contributed by atoms with E-state index in [4.69, 9.17) is 21.1 Å². The molecule has 25 heavy (non-hydrogen) atoms. The molecule has 0 unspecified atom stereocenters. The van der Waals surface area contributed by atoms with Crippen LogP contribution in [0.3, 0.4) is 0 Å². The van der Waals surface area contributed by atoms with Crippen LogP contribution in [0.1, 0.15) is 19.7 Å². The van der Waals surface area contributed by atoms with Crippen LogP contribution in [-0.2, 0) is 19.1 Å². The van der Waals surface area contributed by atoms with Crippen molar-refractivity contribution in [1.29, 1.82) is 0 Å². The van der Waals surface area contributed by atoms with Crippen molar-refractivity contribution in [3.05, 3.63) is 53.2 Å². The minimum Gasteiger partial charge on any atom is -0.419 e. The molecular formula is C17H16ClN3O4. The number of cyclic esters (lactones) is 2. The van der Waals surface area contributed by atoms with Crippen LogP contribution >= 0.6 is 11.6 Å². The van der Waals surface area contributed by atoms with Gasteiger partial charge in [0.05, 0.1) is 10.7 Å². The van der Waals surface area contributed by atoms with E-state index in [1.807, 2.05) is 11.5 Å². The normalized spacial score (nSPS) is 16.2. The van der Waals surface area contributed by atoms with Crippen LogP contribution in [0.15, 0.2) is 42.4 Å². The van der Waals surface area contributed by atoms with E-state index in [1.54, 1.807) is 30.6 Å². The van der Waals surface area contributed by atoms with E-state index >= 15 is 0 Å². The summed E-state index contributed by atoms with van der Waals surface area (Å²) < 4.78 is 11.9. The standard InChI is InChI=1S/C17H16ClN3O4/c1-10-19-6-7-21(10)14-5-4-11(8-13(14)18)20-9-12-15(22)24-17(2,3)25-16(12)23/h4-9,20H,1-3H3. The van der Waals surface area contributed by atoms with Crippen molar-refractivity contribution in [3.8, 4) is 5.69 Å². The fraction of sp³-hybridized carbons (Fsp3) is 0.235. The fourth-order valence-electron chi connectivity index (χ4n) is 2.36. The van der Waals surface area contributed by atoms with Gasteiger partial charge in [-0.3, -0.25) is 0 Å². The Morgan fingerprint density at radius 2 is 1.92 bits per heavy atom. The summed E-state index contributed by atoms with van der Waals surface area (Å²) in [6, 6.07) is 5.25. The van der Waals surface area contributed by atoms with Gasteiger partial charge in [0.25, 0.3) is 5.79 Å². The number of rotatable bonds is 3. The molecule has 1 fully saturated rings. The molecule has 0 spiro atoms. The van der Waals surface area contributed by atoms with Gasteiger partial charge in [-0.2, -0.15) is 0 Å². The molecule has 0 aliphatic carbocycles. The fourth-order valence-corrected chi connectivity index (χ4v) is 2.63. The number of anilines is 1. The number of carbonyl (C=O) groups excluding carboxylic acids is 2. The Balaban J connectivity index is 1.80. The third kappa shape index (κ3) is 3.51. The van der Waals surface area contributed by atoms with E-state index in [0.29, 0.717) is 10.7 Å². The molecule has 1 N–H and O–H groups in total. The number of imidazole rings is 1. The molecular weight excluding hydrogens is 346 g/mol. The molecule has 1 aliphatic heterocycles. The highest BCUT2D eigenvalue weighted by atomic mass is 35.5. The Morgan fingerprint density at radius 1 is 1.24 bits per heavy atom. The zero-order valence-corrected chi connectivity index (χ0v) is 14.6.